The highest BCUT2D eigenvalue weighted by Crippen LogP contribution is 2.30. The SMILES string of the molecule is CCCN(CCc1cccs1)[C@H]1CCc2c(O)cccc2C1.[N-]=[N+]=NCCC(=O)[O-]. The van der Waals surface area contributed by atoms with Crippen LogP contribution in [-0.4, -0.2) is 41.7 Å². The van der Waals surface area contributed by atoms with E-state index < -0.39 is 5.97 Å². The summed E-state index contributed by atoms with van der Waals surface area (Å²) in [6.45, 7) is 4.55. The van der Waals surface area contributed by atoms with Crippen molar-refractivity contribution >= 4 is 17.3 Å². The Morgan fingerprint density at radius 3 is 2.87 bits per heavy atom. The molecule has 0 unspecified atom stereocenters. The Morgan fingerprint density at radius 2 is 2.20 bits per heavy atom. The summed E-state index contributed by atoms with van der Waals surface area (Å²) in [7, 11) is 0. The highest BCUT2D eigenvalue weighted by Gasteiger charge is 2.25. The lowest BCUT2D eigenvalue weighted by molar-refractivity contribution is -0.305. The molecular formula is C22H29N4O3S-. The van der Waals surface area contributed by atoms with Crippen molar-refractivity contribution in [2.75, 3.05) is 19.6 Å². The fourth-order valence-electron chi connectivity index (χ4n) is 3.74. The normalized spacial score (nSPS) is 14.9. The molecule has 1 aliphatic rings. The van der Waals surface area contributed by atoms with Gasteiger partial charge in [0.25, 0.3) is 0 Å². The van der Waals surface area contributed by atoms with Gasteiger partial charge in [0.05, 0.1) is 0 Å². The third-order valence-electron chi connectivity index (χ3n) is 5.16. The van der Waals surface area contributed by atoms with Crippen LogP contribution in [0.25, 0.3) is 10.4 Å². The summed E-state index contributed by atoms with van der Waals surface area (Å²) >= 11 is 1.86. The molecule has 0 saturated carbocycles. The molecule has 162 valence electrons. The minimum atomic E-state index is -1.20. The van der Waals surface area contributed by atoms with Crippen molar-refractivity contribution in [3.63, 3.8) is 0 Å². The Morgan fingerprint density at radius 1 is 1.37 bits per heavy atom. The molecule has 0 amide bonds. The van der Waals surface area contributed by atoms with Gasteiger partial charge in [-0.15, -0.1) is 11.3 Å². The zero-order valence-electron chi connectivity index (χ0n) is 17.4. The first kappa shape index (κ1) is 23.7. The van der Waals surface area contributed by atoms with Crippen LogP contribution in [0.2, 0.25) is 0 Å². The highest BCUT2D eigenvalue weighted by atomic mass is 32.1. The standard InChI is InChI=1S/C19H25NOS.C3H5N3O2/c1-2-11-20(12-10-17-6-4-13-22-17)16-8-9-18-15(14-16)5-3-7-19(18)21;4-6-5-2-1-3(7)8/h3-7,13,16,21H,2,8-12,14H2,1H3;1-2H2,(H,7,8)/p-1/t16-;/m0./s1. The molecule has 0 bridgehead atoms. The number of carboxylic acids is 1. The molecule has 1 aromatic carbocycles. The lowest BCUT2D eigenvalue weighted by atomic mass is 9.86. The van der Waals surface area contributed by atoms with Gasteiger partial charge in [-0.05, 0) is 79.2 Å². The molecule has 7 nitrogen and oxygen atoms in total. The van der Waals surface area contributed by atoms with Gasteiger partial charge in [0.2, 0.25) is 0 Å². The number of carbonyl (C=O) groups is 1. The van der Waals surface area contributed by atoms with Crippen molar-refractivity contribution in [2.24, 2.45) is 5.11 Å². The molecule has 1 atom stereocenters. The third kappa shape index (κ3) is 7.71. The van der Waals surface area contributed by atoms with Crippen LogP contribution in [0.5, 0.6) is 5.75 Å². The molecule has 1 aliphatic carbocycles. The zero-order chi connectivity index (χ0) is 21.8. The van der Waals surface area contributed by atoms with Gasteiger partial charge >= 0.3 is 0 Å². The molecule has 1 N–H and O–H groups in total. The molecule has 30 heavy (non-hydrogen) atoms. The van der Waals surface area contributed by atoms with Gasteiger partial charge in [0.1, 0.15) is 5.75 Å². The molecule has 1 heterocycles. The van der Waals surface area contributed by atoms with Crippen molar-refractivity contribution < 1.29 is 15.0 Å². The second kappa shape index (κ2) is 12.9. The van der Waals surface area contributed by atoms with Crippen LogP contribution in [0.3, 0.4) is 0 Å². The second-order valence-corrected chi connectivity index (χ2v) is 8.29. The van der Waals surface area contributed by atoms with Gasteiger partial charge in [-0.3, -0.25) is 4.90 Å². The number of azide groups is 1. The number of phenols is 1. The summed E-state index contributed by atoms with van der Waals surface area (Å²) in [6, 6.07) is 11.0. The number of rotatable bonds is 9. The Bertz CT molecular complexity index is 833. The van der Waals surface area contributed by atoms with E-state index in [0.29, 0.717) is 11.8 Å². The predicted octanol–water partition coefficient (Wildman–Crippen LogP) is 3.70. The van der Waals surface area contributed by atoms with Crippen molar-refractivity contribution in [2.45, 2.75) is 51.5 Å². The summed E-state index contributed by atoms with van der Waals surface area (Å²) in [5.41, 5.74) is 10.1. The summed E-state index contributed by atoms with van der Waals surface area (Å²) in [4.78, 5) is 16.1. The first-order chi connectivity index (χ1) is 14.5. The number of fused-ring (bicyclic) bond motifs is 1. The van der Waals surface area contributed by atoms with Crippen LogP contribution in [-0.2, 0) is 24.1 Å². The second-order valence-electron chi connectivity index (χ2n) is 7.25. The zero-order valence-corrected chi connectivity index (χ0v) is 18.2. The van der Waals surface area contributed by atoms with E-state index in [9.17, 15) is 15.0 Å². The van der Waals surface area contributed by atoms with Crippen molar-refractivity contribution in [1.82, 2.24) is 4.90 Å². The van der Waals surface area contributed by atoms with Crippen molar-refractivity contribution in [3.8, 4) is 5.75 Å². The van der Waals surface area contributed by atoms with Gasteiger partial charge in [-0.2, -0.15) is 0 Å². The maximum absolute atomic E-state index is 10.0. The van der Waals surface area contributed by atoms with Crippen molar-refractivity contribution in [3.05, 3.63) is 62.2 Å². The number of carbonyl (C=O) groups excluding carboxylic acids is 1. The van der Waals surface area contributed by atoms with E-state index >= 15 is 0 Å². The monoisotopic (exact) mass is 429 g/mol. The van der Waals surface area contributed by atoms with Crippen LogP contribution in [0.15, 0.2) is 40.8 Å². The Hall–Kier alpha value is -2.54. The summed E-state index contributed by atoms with van der Waals surface area (Å²) in [5, 5.41) is 24.7. The Labute approximate surface area is 181 Å². The molecule has 8 heteroatoms. The van der Waals surface area contributed by atoms with E-state index in [1.807, 2.05) is 23.5 Å². The predicted molar refractivity (Wildman–Crippen MR) is 117 cm³/mol. The lowest BCUT2D eigenvalue weighted by Crippen LogP contribution is -2.41. The van der Waals surface area contributed by atoms with E-state index in [1.54, 1.807) is 0 Å². The first-order valence-electron chi connectivity index (χ1n) is 10.3. The summed E-state index contributed by atoms with van der Waals surface area (Å²) < 4.78 is 0. The van der Waals surface area contributed by atoms with Crippen LogP contribution in [0.4, 0.5) is 0 Å². The average Bonchev–Trinajstić information content (AvgIpc) is 3.25. The first-order valence-corrected chi connectivity index (χ1v) is 11.2. The molecule has 0 fully saturated rings. The van der Waals surface area contributed by atoms with Crippen LogP contribution in [0, 0.1) is 0 Å². The Kier molecular flexibility index (Phi) is 10.2. The lowest BCUT2D eigenvalue weighted by Gasteiger charge is -2.35. The smallest absolute Gasteiger partial charge is 0.119 e. The van der Waals surface area contributed by atoms with Crippen molar-refractivity contribution in [1.29, 1.82) is 0 Å². The number of thiophene rings is 1. The highest BCUT2D eigenvalue weighted by molar-refractivity contribution is 7.09. The van der Waals surface area contributed by atoms with E-state index in [0.717, 1.165) is 32.2 Å². The van der Waals surface area contributed by atoms with Gasteiger partial charge in [0.15, 0.2) is 0 Å². The maximum Gasteiger partial charge on any atom is 0.119 e. The largest absolute Gasteiger partial charge is 0.550 e. The number of hydrogen-bond acceptors (Lipinski definition) is 6. The fourth-order valence-corrected chi connectivity index (χ4v) is 4.44. The van der Waals surface area contributed by atoms with E-state index in [-0.39, 0.29) is 13.0 Å². The third-order valence-corrected chi connectivity index (χ3v) is 6.10. The number of benzene rings is 1. The van der Waals surface area contributed by atoms with Gasteiger partial charge < -0.3 is 15.0 Å². The number of aliphatic carboxylic acids is 1. The van der Waals surface area contributed by atoms with Crippen LogP contribution >= 0.6 is 11.3 Å². The molecular weight excluding hydrogens is 400 g/mol. The molecule has 2 aromatic rings. The van der Waals surface area contributed by atoms with Crippen LogP contribution < -0.4 is 5.11 Å². The van der Waals surface area contributed by atoms with E-state index in [4.69, 9.17) is 5.53 Å². The summed E-state index contributed by atoms with van der Waals surface area (Å²) in [6.07, 6.45) is 5.40. The Balaban J connectivity index is 0.000000343. The van der Waals surface area contributed by atoms with Gasteiger partial charge in [-0.25, -0.2) is 0 Å². The molecule has 0 aliphatic heterocycles. The molecule has 0 radical (unpaired) electrons. The molecule has 3 rings (SSSR count). The maximum atomic E-state index is 10.0. The number of phenolic OH excluding ortho intramolecular Hbond substituents is 1. The van der Waals surface area contributed by atoms with E-state index in [2.05, 4.69) is 45.4 Å². The molecule has 0 spiro atoms. The number of aromatic hydroxyl groups is 1. The van der Waals surface area contributed by atoms with Gasteiger partial charge in [-0.1, -0.05) is 30.2 Å². The number of nitrogens with zero attached hydrogens (tertiary/aromatic N) is 4. The molecule has 1 aromatic heterocycles. The topological polar surface area (TPSA) is 112 Å². The quantitative estimate of drug-likeness (QED) is 0.372. The number of hydrogen-bond donors (Lipinski definition) is 1. The molecule has 0 saturated heterocycles. The van der Waals surface area contributed by atoms with Gasteiger partial charge in [0, 0.05) is 34.9 Å². The minimum absolute atomic E-state index is 0.0289. The average molecular weight is 430 g/mol. The summed E-state index contributed by atoms with van der Waals surface area (Å²) in [5.74, 6) is -0.714. The fraction of sp³-hybridized carbons (Fsp3) is 0.500. The van der Waals surface area contributed by atoms with Crippen LogP contribution in [0.1, 0.15) is 42.2 Å². The minimum Gasteiger partial charge on any atom is -0.550 e. The van der Waals surface area contributed by atoms with E-state index in [1.165, 1.54) is 29.0 Å². The number of carboxylic acid groups (broad SMARTS) is 1.